The third-order valence-electron chi connectivity index (χ3n) is 2.69. The van der Waals surface area contributed by atoms with E-state index in [9.17, 15) is 9.59 Å². The summed E-state index contributed by atoms with van der Waals surface area (Å²) in [5.41, 5.74) is 0.794. The molecule has 1 aliphatic rings. The number of fused-ring (bicyclic) bond motifs is 1. The first kappa shape index (κ1) is 12.9. The van der Waals surface area contributed by atoms with Gasteiger partial charge >= 0.3 is 5.97 Å². The highest BCUT2D eigenvalue weighted by atomic mass is 32.2. The van der Waals surface area contributed by atoms with Crippen molar-refractivity contribution in [2.75, 3.05) is 23.8 Å². The molecule has 1 amide bonds. The van der Waals surface area contributed by atoms with E-state index >= 15 is 0 Å². The van der Waals surface area contributed by atoms with Crippen molar-refractivity contribution < 1.29 is 19.8 Å². The summed E-state index contributed by atoms with van der Waals surface area (Å²) in [6.07, 6.45) is 0.479. The molecule has 0 spiro atoms. The predicted molar refractivity (Wildman–Crippen MR) is 68.2 cm³/mol. The number of anilines is 1. The summed E-state index contributed by atoms with van der Waals surface area (Å²) in [5.74, 6) is -0.711. The van der Waals surface area contributed by atoms with Crippen LogP contribution in [0.1, 0.15) is 16.8 Å². The first-order valence-electron chi connectivity index (χ1n) is 5.55. The standard InChI is InChI=1S/C12H13NO4S/c14-5-1-4-13-9-6-8(12(16)17)2-3-10(9)18-7-11(13)15/h2-3,6,14H,1,4-5,7H2,(H,16,17). The fraction of sp³-hybridized carbons (Fsp3) is 0.333. The molecule has 6 heteroatoms. The van der Waals surface area contributed by atoms with Crippen molar-refractivity contribution in [1.82, 2.24) is 0 Å². The minimum absolute atomic E-state index is 0.00484. The third-order valence-corrected chi connectivity index (χ3v) is 3.74. The molecular weight excluding hydrogens is 254 g/mol. The van der Waals surface area contributed by atoms with Gasteiger partial charge in [0.2, 0.25) is 5.91 Å². The second-order valence-corrected chi connectivity index (χ2v) is 4.92. The lowest BCUT2D eigenvalue weighted by Gasteiger charge is -2.29. The summed E-state index contributed by atoms with van der Waals surface area (Å²) >= 11 is 1.41. The molecule has 0 saturated carbocycles. The van der Waals surface area contributed by atoms with Gasteiger partial charge in [-0.2, -0.15) is 0 Å². The molecule has 0 fully saturated rings. The minimum Gasteiger partial charge on any atom is -0.478 e. The van der Waals surface area contributed by atoms with Crippen molar-refractivity contribution in [2.24, 2.45) is 0 Å². The van der Waals surface area contributed by atoms with Gasteiger partial charge < -0.3 is 15.1 Å². The monoisotopic (exact) mass is 267 g/mol. The summed E-state index contributed by atoms with van der Waals surface area (Å²) in [4.78, 5) is 25.2. The smallest absolute Gasteiger partial charge is 0.335 e. The van der Waals surface area contributed by atoms with Crippen molar-refractivity contribution in [3.05, 3.63) is 23.8 Å². The zero-order valence-electron chi connectivity index (χ0n) is 9.63. The highest BCUT2D eigenvalue weighted by Gasteiger charge is 2.25. The molecule has 0 saturated heterocycles. The van der Waals surface area contributed by atoms with Crippen LogP contribution in [0, 0.1) is 0 Å². The van der Waals surface area contributed by atoms with E-state index in [1.807, 2.05) is 0 Å². The van der Waals surface area contributed by atoms with E-state index < -0.39 is 5.97 Å². The van der Waals surface area contributed by atoms with Gasteiger partial charge in [-0.1, -0.05) is 0 Å². The number of hydrogen-bond acceptors (Lipinski definition) is 4. The van der Waals surface area contributed by atoms with Crippen LogP contribution < -0.4 is 4.90 Å². The lowest BCUT2D eigenvalue weighted by atomic mass is 10.1. The molecule has 0 atom stereocenters. The molecular formula is C12H13NO4S. The molecule has 1 aliphatic heterocycles. The van der Waals surface area contributed by atoms with E-state index in [0.29, 0.717) is 24.4 Å². The van der Waals surface area contributed by atoms with Gasteiger partial charge in [0, 0.05) is 18.0 Å². The molecule has 1 aromatic carbocycles. The molecule has 0 radical (unpaired) electrons. The fourth-order valence-electron chi connectivity index (χ4n) is 1.81. The fourth-order valence-corrected chi connectivity index (χ4v) is 2.73. The van der Waals surface area contributed by atoms with Crippen LogP contribution >= 0.6 is 11.8 Å². The van der Waals surface area contributed by atoms with E-state index in [1.165, 1.54) is 23.9 Å². The van der Waals surface area contributed by atoms with Gasteiger partial charge in [0.15, 0.2) is 0 Å². The van der Waals surface area contributed by atoms with E-state index in [0.717, 1.165) is 4.90 Å². The quantitative estimate of drug-likeness (QED) is 0.857. The lowest BCUT2D eigenvalue weighted by molar-refractivity contribution is -0.116. The molecule has 2 N–H and O–H groups in total. The summed E-state index contributed by atoms with van der Waals surface area (Å²) in [5, 5.41) is 17.8. The number of amides is 1. The van der Waals surface area contributed by atoms with Gasteiger partial charge in [0.25, 0.3) is 0 Å². The second kappa shape index (κ2) is 5.41. The Morgan fingerprint density at radius 3 is 2.89 bits per heavy atom. The number of benzene rings is 1. The van der Waals surface area contributed by atoms with Gasteiger partial charge in [-0.05, 0) is 24.6 Å². The van der Waals surface area contributed by atoms with Crippen molar-refractivity contribution in [3.8, 4) is 0 Å². The van der Waals surface area contributed by atoms with Crippen LogP contribution in [0.25, 0.3) is 0 Å². The zero-order chi connectivity index (χ0) is 13.1. The second-order valence-electron chi connectivity index (χ2n) is 3.90. The number of hydrogen-bond donors (Lipinski definition) is 2. The van der Waals surface area contributed by atoms with Gasteiger partial charge in [0.1, 0.15) is 0 Å². The number of thioether (sulfide) groups is 1. The van der Waals surface area contributed by atoms with Crippen LogP contribution in [-0.2, 0) is 4.79 Å². The Bertz CT molecular complexity index is 489. The van der Waals surface area contributed by atoms with Crippen LogP contribution in [0.4, 0.5) is 5.69 Å². The Morgan fingerprint density at radius 1 is 1.44 bits per heavy atom. The number of nitrogens with zero attached hydrogens (tertiary/aromatic N) is 1. The third kappa shape index (κ3) is 2.49. The van der Waals surface area contributed by atoms with E-state index in [1.54, 1.807) is 11.0 Å². The van der Waals surface area contributed by atoms with Crippen LogP contribution in [0.15, 0.2) is 23.1 Å². The SMILES string of the molecule is O=C(O)c1ccc2c(c1)N(CCCO)C(=O)CS2. The Balaban J connectivity index is 2.36. The average Bonchev–Trinajstić information content (AvgIpc) is 2.37. The van der Waals surface area contributed by atoms with Crippen LogP contribution in [0.3, 0.4) is 0 Å². The number of rotatable bonds is 4. The Hall–Kier alpha value is -1.53. The number of aromatic carboxylic acids is 1. The topological polar surface area (TPSA) is 77.8 Å². The number of carboxylic acid groups (broad SMARTS) is 1. The van der Waals surface area contributed by atoms with Gasteiger partial charge in [-0.25, -0.2) is 4.79 Å². The van der Waals surface area contributed by atoms with E-state index in [2.05, 4.69) is 0 Å². The van der Waals surface area contributed by atoms with E-state index in [4.69, 9.17) is 10.2 Å². The normalized spacial score (nSPS) is 14.5. The number of carbonyl (C=O) groups is 2. The highest BCUT2D eigenvalue weighted by Crippen LogP contribution is 2.36. The number of aliphatic hydroxyl groups is 1. The average molecular weight is 267 g/mol. The molecule has 18 heavy (non-hydrogen) atoms. The zero-order valence-corrected chi connectivity index (χ0v) is 10.4. The first-order chi connectivity index (χ1) is 8.63. The molecule has 0 unspecified atom stereocenters. The summed E-state index contributed by atoms with van der Waals surface area (Å²) < 4.78 is 0. The number of carbonyl (C=O) groups excluding carboxylic acids is 1. The minimum atomic E-state index is -1.01. The number of aliphatic hydroxyl groups excluding tert-OH is 1. The molecule has 0 aromatic heterocycles. The van der Waals surface area contributed by atoms with Crippen molar-refractivity contribution in [1.29, 1.82) is 0 Å². The van der Waals surface area contributed by atoms with Crippen LogP contribution in [-0.4, -0.2) is 41.0 Å². The van der Waals surface area contributed by atoms with E-state index in [-0.39, 0.29) is 18.1 Å². The largest absolute Gasteiger partial charge is 0.478 e. The van der Waals surface area contributed by atoms with Gasteiger partial charge in [-0.3, -0.25) is 4.79 Å². The van der Waals surface area contributed by atoms with Crippen LogP contribution in [0.5, 0.6) is 0 Å². The molecule has 1 aromatic rings. The van der Waals surface area contributed by atoms with Crippen molar-refractivity contribution >= 4 is 29.3 Å². The molecule has 0 bridgehead atoms. The Morgan fingerprint density at radius 2 is 2.22 bits per heavy atom. The lowest BCUT2D eigenvalue weighted by Crippen LogP contribution is -2.36. The predicted octanol–water partition coefficient (Wildman–Crippen LogP) is 1.21. The molecule has 0 aliphatic carbocycles. The van der Waals surface area contributed by atoms with Gasteiger partial charge in [0.05, 0.1) is 17.0 Å². The van der Waals surface area contributed by atoms with Crippen molar-refractivity contribution in [2.45, 2.75) is 11.3 Å². The molecule has 5 nitrogen and oxygen atoms in total. The number of carboxylic acids is 1. The molecule has 1 heterocycles. The van der Waals surface area contributed by atoms with Crippen LogP contribution in [0.2, 0.25) is 0 Å². The summed E-state index contributed by atoms with van der Waals surface area (Å²) in [7, 11) is 0. The molecule has 2 rings (SSSR count). The maximum Gasteiger partial charge on any atom is 0.335 e. The Kier molecular flexibility index (Phi) is 3.88. The molecule has 96 valence electrons. The van der Waals surface area contributed by atoms with Crippen molar-refractivity contribution in [3.63, 3.8) is 0 Å². The summed E-state index contributed by atoms with van der Waals surface area (Å²) in [6, 6.07) is 4.77. The summed E-state index contributed by atoms with van der Waals surface area (Å²) in [6.45, 7) is 0.414. The van der Waals surface area contributed by atoms with Gasteiger partial charge in [-0.15, -0.1) is 11.8 Å². The highest BCUT2D eigenvalue weighted by molar-refractivity contribution is 8.00. The maximum absolute atomic E-state index is 11.8. The Labute approximate surface area is 108 Å². The maximum atomic E-state index is 11.8. The first-order valence-corrected chi connectivity index (χ1v) is 6.53.